The number of H-pyrrole nitrogens is 1. The molecule has 0 unspecified atom stereocenters. The summed E-state index contributed by atoms with van der Waals surface area (Å²) in [6.45, 7) is 2.88. The van der Waals surface area contributed by atoms with Gasteiger partial charge in [-0.15, -0.1) is 0 Å². The number of esters is 1. The molecule has 0 aliphatic heterocycles. The maximum absolute atomic E-state index is 12.5. The van der Waals surface area contributed by atoms with Crippen molar-refractivity contribution in [2.45, 2.75) is 32.4 Å². The first-order chi connectivity index (χ1) is 12.9. The number of hydrogen-bond acceptors (Lipinski definition) is 7. The summed E-state index contributed by atoms with van der Waals surface area (Å²) in [6, 6.07) is -1.73. The smallest absolute Gasteiger partial charge is 0.325 e. The van der Waals surface area contributed by atoms with Crippen LogP contribution >= 0.6 is 11.8 Å². The van der Waals surface area contributed by atoms with Crippen LogP contribution in [0.4, 0.5) is 0 Å². The van der Waals surface area contributed by atoms with Crippen molar-refractivity contribution < 1.29 is 23.9 Å². The van der Waals surface area contributed by atoms with Gasteiger partial charge in [0.15, 0.2) is 0 Å². The Morgan fingerprint density at radius 1 is 1.22 bits per heavy atom. The molecule has 0 fully saturated rings. The van der Waals surface area contributed by atoms with E-state index in [0.29, 0.717) is 11.4 Å². The number of nitrogens with zero attached hydrogens (tertiary/aromatic N) is 1. The monoisotopic (exact) mass is 399 g/mol. The van der Waals surface area contributed by atoms with Gasteiger partial charge in [0, 0.05) is 31.0 Å². The molecule has 11 heteroatoms. The van der Waals surface area contributed by atoms with Gasteiger partial charge >= 0.3 is 5.97 Å². The quantitative estimate of drug-likeness (QED) is 0.349. The van der Waals surface area contributed by atoms with Crippen LogP contribution in [0.15, 0.2) is 12.5 Å². The summed E-state index contributed by atoms with van der Waals surface area (Å²) >= 11 is 1.39. The predicted molar refractivity (Wildman–Crippen MR) is 99.9 cm³/mol. The van der Waals surface area contributed by atoms with E-state index in [-0.39, 0.29) is 25.5 Å². The highest BCUT2D eigenvalue weighted by atomic mass is 32.2. The summed E-state index contributed by atoms with van der Waals surface area (Å²) in [5.74, 6) is -1.60. The average Bonchev–Trinajstić information content (AvgIpc) is 3.11. The largest absolute Gasteiger partial charge is 0.465 e. The summed E-state index contributed by atoms with van der Waals surface area (Å²) in [7, 11) is 0. The number of carbonyl (C=O) groups excluding carboxylic acids is 4. The van der Waals surface area contributed by atoms with Crippen molar-refractivity contribution in [3.63, 3.8) is 0 Å². The molecule has 1 aromatic rings. The summed E-state index contributed by atoms with van der Waals surface area (Å²) in [4.78, 5) is 54.5. The van der Waals surface area contributed by atoms with Crippen molar-refractivity contribution in [2.75, 3.05) is 25.2 Å². The zero-order chi connectivity index (χ0) is 20.2. The molecule has 3 amide bonds. The third-order valence-electron chi connectivity index (χ3n) is 3.35. The molecule has 1 rings (SSSR count). The Morgan fingerprint density at radius 2 is 1.96 bits per heavy atom. The molecule has 1 heterocycles. The lowest BCUT2D eigenvalue weighted by atomic mass is 10.1. The van der Waals surface area contributed by atoms with E-state index in [9.17, 15) is 19.2 Å². The summed E-state index contributed by atoms with van der Waals surface area (Å²) in [5, 5.41) is 7.62. The number of thioether (sulfide) groups is 1. The summed E-state index contributed by atoms with van der Waals surface area (Å²) in [6.07, 6.45) is 4.94. The minimum Gasteiger partial charge on any atom is -0.465 e. The van der Waals surface area contributed by atoms with Crippen LogP contribution in [0, 0.1) is 0 Å². The van der Waals surface area contributed by atoms with Crippen LogP contribution in [0.2, 0.25) is 0 Å². The molecule has 150 valence electrons. The van der Waals surface area contributed by atoms with E-state index in [1.54, 1.807) is 13.2 Å². The van der Waals surface area contributed by atoms with Gasteiger partial charge in [0.25, 0.3) is 0 Å². The van der Waals surface area contributed by atoms with Gasteiger partial charge in [-0.05, 0) is 13.2 Å². The average molecular weight is 399 g/mol. The number of aromatic nitrogens is 2. The number of aromatic amines is 1. The van der Waals surface area contributed by atoms with Crippen LogP contribution < -0.4 is 16.0 Å². The fraction of sp³-hybridized carbons (Fsp3) is 0.562. The summed E-state index contributed by atoms with van der Waals surface area (Å²) < 4.78 is 4.77. The molecule has 0 aliphatic carbocycles. The molecular formula is C16H25N5O5S. The molecule has 0 saturated heterocycles. The van der Waals surface area contributed by atoms with E-state index >= 15 is 0 Å². The van der Waals surface area contributed by atoms with Gasteiger partial charge in [0.2, 0.25) is 17.7 Å². The molecule has 4 N–H and O–H groups in total. The van der Waals surface area contributed by atoms with Crippen LogP contribution in [-0.4, -0.2) is 70.9 Å². The maximum atomic E-state index is 12.5. The molecule has 1 aromatic heterocycles. The first kappa shape index (κ1) is 22.5. The van der Waals surface area contributed by atoms with Crippen LogP contribution in [0.1, 0.15) is 19.5 Å². The number of hydrogen-bond donors (Lipinski definition) is 4. The van der Waals surface area contributed by atoms with Crippen molar-refractivity contribution >= 4 is 35.5 Å². The van der Waals surface area contributed by atoms with Gasteiger partial charge in [-0.25, -0.2) is 4.98 Å². The number of rotatable bonds is 11. The zero-order valence-corrected chi connectivity index (χ0v) is 16.4. The molecule has 0 radical (unpaired) electrons. The molecule has 0 spiro atoms. The van der Waals surface area contributed by atoms with E-state index in [0.717, 1.165) is 0 Å². The maximum Gasteiger partial charge on any atom is 0.325 e. The van der Waals surface area contributed by atoms with Crippen LogP contribution in [-0.2, 0) is 30.3 Å². The zero-order valence-electron chi connectivity index (χ0n) is 15.5. The first-order valence-corrected chi connectivity index (χ1v) is 9.73. The van der Waals surface area contributed by atoms with Gasteiger partial charge < -0.3 is 25.7 Å². The van der Waals surface area contributed by atoms with Gasteiger partial charge in [0.05, 0.1) is 12.9 Å². The van der Waals surface area contributed by atoms with Crippen molar-refractivity contribution in [3.8, 4) is 0 Å². The third kappa shape index (κ3) is 8.58. The second kappa shape index (κ2) is 11.9. The van der Waals surface area contributed by atoms with Gasteiger partial charge in [-0.3, -0.25) is 19.2 Å². The van der Waals surface area contributed by atoms with Gasteiger partial charge in [-0.1, -0.05) is 0 Å². The van der Waals surface area contributed by atoms with Crippen LogP contribution in [0.5, 0.6) is 0 Å². The molecule has 27 heavy (non-hydrogen) atoms. The lowest BCUT2D eigenvalue weighted by Crippen LogP contribution is -2.55. The van der Waals surface area contributed by atoms with Crippen molar-refractivity contribution in [1.82, 2.24) is 25.9 Å². The number of carbonyl (C=O) groups is 4. The molecule has 2 atom stereocenters. The molecule has 0 saturated carbocycles. The van der Waals surface area contributed by atoms with Crippen molar-refractivity contribution in [2.24, 2.45) is 0 Å². The highest BCUT2D eigenvalue weighted by Crippen LogP contribution is 2.03. The Balaban J connectivity index is 2.80. The second-order valence-corrected chi connectivity index (χ2v) is 6.48. The first-order valence-electron chi connectivity index (χ1n) is 8.34. The highest BCUT2D eigenvalue weighted by Gasteiger charge is 2.27. The SMILES string of the molecule is CCOC(=O)CNC(=O)[C@H](Cc1cnc[nH]1)NC(=O)[C@H](CSC)NC(C)=O. The van der Waals surface area contributed by atoms with Gasteiger partial charge in [0.1, 0.15) is 18.6 Å². The molecule has 0 bridgehead atoms. The standard InChI is InChI=1S/C16H25N5O5S/c1-4-26-14(23)7-18-15(24)12(5-11-6-17-9-19-11)21-16(25)13(8-27-3)20-10(2)22/h6,9,12-13H,4-5,7-8H2,1-3H3,(H,17,19)(H,18,24)(H,20,22)(H,21,25)/t12-,13-/m0/s1. The minimum atomic E-state index is -0.953. The highest BCUT2D eigenvalue weighted by molar-refractivity contribution is 7.98. The van der Waals surface area contributed by atoms with Gasteiger partial charge in [-0.2, -0.15) is 11.8 Å². The molecular weight excluding hydrogens is 374 g/mol. The number of nitrogens with one attached hydrogen (secondary N) is 4. The Labute approximate surface area is 161 Å². The second-order valence-electron chi connectivity index (χ2n) is 5.57. The Kier molecular flexibility index (Phi) is 9.94. The van der Waals surface area contributed by atoms with E-state index in [2.05, 4.69) is 25.9 Å². The fourth-order valence-corrected chi connectivity index (χ4v) is 2.76. The minimum absolute atomic E-state index is 0.145. The van der Waals surface area contributed by atoms with Crippen LogP contribution in [0.25, 0.3) is 0 Å². The van der Waals surface area contributed by atoms with E-state index in [1.165, 1.54) is 31.2 Å². The number of imidazole rings is 1. The Bertz CT molecular complexity index is 637. The lowest BCUT2D eigenvalue weighted by molar-refractivity contribution is -0.143. The molecule has 0 aromatic carbocycles. The third-order valence-corrected chi connectivity index (χ3v) is 4.02. The summed E-state index contributed by atoms with van der Waals surface area (Å²) in [5.41, 5.74) is 0.632. The molecule has 0 aliphatic rings. The normalized spacial score (nSPS) is 12.6. The fourth-order valence-electron chi connectivity index (χ4n) is 2.19. The van der Waals surface area contributed by atoms with Crippen molar-refractivity contribution in [3.05, 3.63) is 18.2 Å². The van der Waals surface area contributed by atoms with Crippen molar-refractivity contribution in [1.29, 1.82) is 0 Å². The Hall–Kier alpha value is -2.56. The number of amides is 3. The lowest BCUT2D eigenvalue weighted by Gasteiger charge is -2.22. The van der Waals surface area contributed by atoms with E-state index < -0.39 is 29.9 Å². The number of ether oxygens (including phenoxy) is 1. The Morgan fingerprint density at radius 3 is 2.52 bits per heavy atom. The van der Waals surface area contributed by atoms with E-state index in [4.69, 9.17) is 4.74 Å². The molecule has 10 nitrogen and oxygen atoms in total. The topological polar surface area (TPSA) is 142 Å². The van der Waals surface area contributed by atoms with Crippen LogP contribution in [0.3, 0.4) is 0 Å². The van der Waals surface area contributed by atoms with E-state index in [1.807, 2.05) is 0 Å². The predicted octanol–water partition coefficient (Wildman–Crippen LogP) is -1.02.